The van der Waals surface area contributed by atoms with Crippen molar-refractivity contribution in [2.45, 2.75) is 38.0 Å². The van der Waals surface area contributed by atoms with Gasteiger partial charge in [-0.3, -0.25) is 9.59 Å². The molecule has 0 saturated carbocycles. The van der Waals surface area contributed by atoms with Gasteiger partial charge in [-0.05, 0) is 37.6 Å². The highest BCUT2D eigenvalue weighted by Crippen LogP contribution is 2.29. The van der Waals surface area contributed by atoms with E-state index in [-0.39, 0.29) is 17.8 Å². The number of anilines is 1. The lowest BCUT2D eigenvalue weighted by Gasteiger charge is -2.36. The normalized spacial score (nSPS) is 18.2. The van der Waals surface area contributed by atoms with Gasteiger partial charge in [0.05, 0.1) is 30.1 Å². The van der Waals surface area contributed by atoms with E-state index in [9.17, 15) is 18.0 Å². The van der Waals surface area contributed by atoms with Gasteiger partial charge in [-0.25, -0.2) is 8.42 Å². The quantitative estimate of drug-likeness (QED) is 0.392. The number of piperazine rings is 1. The number of benzene rings is 2. The molecule has 2 aromatic carbocycles. The number of halogens is 1. The van der Waals surface area contributed by atoms with Gasteiger partial charge in [0, 0.05) is 44.2 Å². The van der Waals surface area contributed by atoms with Crippen LogP contribution in [0.3, 0.4) is 0 Å². The monoisotopic (exact) mass is 599 g/mol. The van der Waals surface area contributed by atoms with Crippen LogP contribution in [0.2, 0.25) is 5.02 Å². The van der Waals surface area contributed by atoms with Crippen LogP contribution in [-0.2, 0) is 21.2 Å². The van der Waals surface area contributed by atoms with E-state index in [1.807, 2.05) is 35.2 Å². The molecule has 3 heterocycles. The topological polar surface area (TPSA) is 105 Å². The maximum Gasteiger partial charge on any atom is 0.316 e. The number of carbonyl (C=O) groups excluding carboxylic acids is 1. The summed E-state index contributed by atoms with van der Waals surface area (Å²) < 4.78 is 34.5. The van der Waals surface area contributed by atoms with E-state index in [4.69, 9.17) is 16.3 Å². The third-order valence-electron chi connectivity index (χ3n) is 7.48. The Morgan fingerprint density at radius 3 is 2.46 bits per heavy atom. The Kier molecular flexibility index (Phi) is 8.67. The molecule has 1 atom stereocenters. The lowest BCUT2D eigenvalue weighted by Crippen LogP contribution is -2.50. The summed E-state index contributed by atoms with van der Waals surface area (Å²) in [5, 5.41) is 4.37. The Bertz CT molecular complexity index is 1560. The molecule has 0 radical (unpaired) electrons. The molecular formula is C29H34ClN5O5S. The van der Waals surface area contributed by atoms with Crippen molar-refractivity contribution in [3.8, 4) is 11.4 Å². The van der Waals surface area contributed by atoms with Gasteiger partial charge >= 0.3 is 5.56 Å². The summed E-state index contributed by atoms with van der Waals surface area (Å²) in [5.74, 6) is 0.138. The van der Waals surface area contributed by atoms with Crippen LogP contribution in [0.25, 0.3) is 5.69 Å². The van der Waals surface area contributed by atoms with Crippen molar-refractivity contribution in [1.82, 2.24) is 19.0 Å². The van der Waals surface area contributed by atoms with Crippen LogP contribution in [0.1, 0.15) is 25.8 Å². The van der Waals surface area contributed by atoms with Crippen LogP contribution in [0.15, 0.2) is 65.6 Å². The van der Waals surface area contributed by atoms with Gasteiger partial charge in [-0.15, -0.1) is 0 Å². The highest BCUT2D eigenvalue weighted by atomic mass is 35.5. The minimum absolute atomic E-state index is 0.0103. The number of likely N-dealkylation sites (tertiary alicyclic amines) is 1. The maximum absolute atomic E-state index is 13.8. The van der Waals surface area contributed by atoms with Crippen LogP contribution in [0, 0.1) is 0 Å². The predicted molar refractivity (Wildman–Crippen MR) is 158 cm³/mol. The molecule has 2 aliphatic heterocycles. The summed E-state index contributed by atoms with van der Waals surface area (Å²) in [6.45, 7) is 5.60. The highest BCUT2D eigenvalue weighted by molar-refractivity contribution is 7.89. The molecule has 1 amide bonds. The summed E-state index contributed by atoms with van der Waals surface area (Å²) in [6, 6.07) is 16.4. The molecule has 0 N–H and O–H groups in total. The minimum atomic E-state index is -3.38. The summed E-state index contributed by atoms with van der Waals surface area (Å²) >= 11 is 6.18. The summed E-state index contributed by atoms with van der Waals surface area (Å²) in [6.07, 6.45) is 2.09. The summed E-state index contributed by atoms with van der Waals surface area (Å²) in [7, 11) is -3.38. The number of aromatic nitrogens is 2. The summed E-state index contributed by atoms with van der Waals surface area (Å²) in [5.41, 5.74) is 1.50. The molecule has 5 rings (SSSR count). The van der Waals surface area contributed by atoms with E-state index in [0.29, 0.717) is 68.5 Å². The molecule has 2 aliphatic rings. The van der Waals surface area contributed by atoms with Crippen LogP contribution in [-0.4, -0.2) is 83.9 Å². The molecular weight excluding hydrogens is 566 g/mol. The largest absolute Gasteiger partial charge is 0.481 e. The van der Waals surface area contributed by atoms with Gasteiger partial charge in [-0.1, -0.05) is 48.0 Å². The Hall–Kier alpha value is -3.41. The van der Waals surface area contributed by atoms with E-state index in [1.54, 1.807) is 49.2 Å². The van der Waals surface area contributed by atoms with Crippen molar-refractivity contribution in [2.24, 2.45) is 0 Å². The van der Waals surface area contributed by atoms with Crippen molar-refractivity contribution in [3.63, 3.8) is 0 Å². The van der Waals surface area contributed by atoms with Crippen molar-refractivity contribution in [2.75, 3.05) is 44.2 Å². The Balaban J connectivity index is 1.39. The standard InChI is InChI=1S/C29H34ClN5O5S/c1-21(2)41(38,39)34-15-13-32(14-16-34)26-19-31-35(24-10-6-9-23(30)18-24)29(37)28(26)40-25-11-12-33(20-25)27(36)17-22-7-4-3-5-8-22/h3-10,18-19,21,25H,11-17,20H2,1-2H3/t25-/m1/s1. The zero-order valence-corrected chi connectivity index (χ0v) is 24.7. The molecule has 0 unspecified atom stereocenters. The molecule has 10 nitrogen and oxygen atoms in total. The first-order chi connectivity index (χ1) is 19.6. The van der Waals surface area contributed by atoms with Crippen LogP contribution in [0.4, 0.5) is 5.69 Å². The highest BCUT2D eigenvalue weighted by Gasteiger charge is 2.33. The first-order valence-electron chi connectivity index (χ1n) is 13.7. The van der Waals surface area contributed by atoms with Crippen molar-refractivity contribution in [3.05, 3.63) is 81.7 Å². The van der Waals surface area contributed by atoms with E-state index >= 15 is 0 Å². The number of hydrogen-bond acceptors (Lipinski definition) is 7. The molecule has 2 saturated heterocycles. The number of carbonyl (C=O) groups is 1. The van der Waals surface area contributed by atoms with E-state index in [1.165, 1.54) is 8.99 Å². The first-order valence-corrected chi connectivity index (χ1v) is 15.6. The van der Waals surface area contributed by atoms with Crippen molar-refractivity contribution < 1.29 is 17.9 Å². The van der Waals surface area contributed by atoms with Crippen LogP contribution < -0.4 is 15.2 Å². The Morgan fingerprint density at radius 1 is 1.05 bits per heavy atom. The van der Waals surface area contributed by atoms with Crippen LogP contribution >= 0.6 is 11.6 Å². The second-order valence-electron chi connectivity index (χ2n) is 10.6. The molecule has 1 aromatic heterocycles. The number of sulfonamides is 1. The van der Waals surface area contributed by atoms with Gasteiger partial charge in [0.1, 0.15) is 11.8 Å². The second kappa shape index (κ2) is 12.2. The average molecular weight is 600 g/mol. The fraction of sp³-hybridized carbons (Fsp3) is 0.414. The smallest absolute Gasteiger partial charge is 0.316 e. The predicted octanol–water partition coefficient (Wildman–Crippen LogP) is 2.97. The van der Waals surface area contributed by atoms with E-state index in [2.05, 4.69) is 5.10 Å². The molecule has 12 heteroatoms. The van der Waals surface area contributed by atoms with Crippen molar-refractivity contribution >= 4 is 33.2 Å². The zero-order valence-electron chi connectivity index (χ0n) is 23.1. The van der Waals surface area contributed by atoms with Gasteiger partial charge in [0.2, 0.25) is 21.7 Å². The van der Waals surface area contributed by atoms with Crippen LogP contribution in [0.5, 0.6) is 5.75 Å². The Labute approximate surface area is 245 Å². The molecule has 2 fully saturated rings. The molecule has 0 bridgehead atoms. The fourth-order valence-electron chi connectivity index (χ4n) is 5.14. The number of rotatable bonds is 8. The van der Waals surface area contributed by atoms with Gasteiger partial charge in [0.15, 0.2) is 0 Å². The van der Waals surface area contributed by atoms with Gasteiger partial charge in [0.25, 0.3) is 0 Å². The molecule has 3 aromatic rings. The summed E-state index contributed by atoms with van der Waals surface area (Å²) in [4.78, 5) is 30.5. The third-order valence-corrected chi connectivity index (χ3v) is 9.99. The molecule has 41 heavy (non-hydrogen) atoms. The Morgan fingerprint density at radius 2 is 1.78 bits per heavy atom. The number of nitrogens with zero attached hydrogens (tertiary/aromatic N) is 5. The molecule has 0 spiro atoms. The van der Waals surface area contributed by atoms with E-state index in [0.717, 1.165) is 5.56 Å². The van der Waals surface area contributed by atoms with Gasteiger partial charge in [-0.2, -0.15) is 14.1 Å². The SMILES string of the molecule is CC(C)S(=O)(=O)N1CCN(c2cnn(-c3cccc(Cl)c3)c(=O)c2O[C@@H]2CCN(C(=O)Cc3ccccc3)C2)CC1. The number of ether oxygens (including phenoxy) is 1. The van der Waals surface area contributed by atoms with E-state index < -0.39 is 20.8 Å². The lowest BCUT2D eigenvalue weighted by molar-refractivity contribution is -0.129. The first kappa shape index (κ1) is 29.1. The van der Waals surface area contributed by atoms with Gasteiger partial charge < -0.3 is 14.5 Å². The van der Waals surface area contributed by atoms with Crippen molar-refractivity contribution in [1.29, 1.82) is 0 Å². The average Bonchev–Trinajstić information content (AvgIpc) is 3.43. The minimum Gasteiger partial charge on any atom is -0.481 e. The number of hydrogen-bond donors (Lipinski definition) is 0. The maximum atomic E-state index is 13.8. The number of amides is 1. The molecule has 0 aliphatic carbocycles. The second-order valence-corrected chi connectivity index (χ2v) is 13.5. The zero-order chi connectivity index (χ0) is 29.1. The fourth-order valence-corrected chi connectivity index (χ4v) is 6.59. The molecule has 218 valence electrons. The lowest BCUT2D eigenvalue weighted by atomic mass is 10.1. The third kappa shape index (κ3) is 6.42.